The Morgan fingerprint density at radius 3 is 2.29 bits per heavy atom. The van der Waals surface area contributed by atoms with E-state index in [1.807, 2.05) is 18.2 Å². The molecule has 1 amide bonds. The van der Waals surface area contributed by atoms with Crippen molar-refractivity contribution in [2.45, 2.75) is 55.5 Å². The Balaban J connectivity index is 1.66. The van der Waals surface area contributed by atoms with Crippen molar-refractivity contribution < 1.29 is 27.4 Å². The second-order valence-electron chi connectivity index (χ2n) is 8.73. The van der Waals surface area contributed by atoms with Gasteiger partial charge in [-0.05, 0) is 62.1 Å². The van der Waals surface area contributed by atoms with Crippen molar-refractivity contribution in [2.24, 2.45) is 0 Å². The molecule has 1 unspecified atom stereocenters. The van der Waals surface area contributed by atoms with Crippen molar-refractivity contribution in [1.82, 2.24) is 9.62 Å². The smallest absolute Gasteiger partial charge is 0.254 e. The van der Waals surface area contributed by atoms with E-state index in [2.05, 4.69) is 4.72 Å². The van der Waals surface area contributed by atoms with E-state index in [1.54, 1.807) is 31.3 Å². The fraction of sp³-hybridized carbons (Fsp3) is 0.480. The standard InChI is InChI=1S/C25H32N2O6S/c1-31-19-11-13-22(32-2)20(16-19)21-9-6-14-27(21)25(28)17-10-12-23(33-3)24(15-17)34(29,30)26-18-7-4-5-8-18/h10-13,15-16,18,21,26H,4-9,14H2,1-3H3. The molecule has 2 fully saturated rings. The Hall–Kier alpha value is -2.78. The number of hydrogen-bond donors (Lipinski definition) is 1. The molecule has 2 aromatic carbocycles. The Kier molecular flexibility index (Phi) is 7.33. The average Bonchev–Trinajstić information content (AvgIpc) is 3.54. The maximum absolute atomic E-state index is 13.6. The van der Waals surface area contributed by atoms with E-state index < -0.39 is 10.0 Å². The summed E-state index contributed by atoms with van der Waals surface area (Å²) in [4.78, 5) is 15.4. The number of nitrogens with one attached hydrogen (secondary N) is 1. The maximum Gasteiger partial charge on any atom is 0.254 e. The molecule has 184 valence electrons. The van der Waals surface area contributed by atoms with Crippen LogP contribution in [-0.2, 0) is 10.0 Å². The summed E-state index contributed by atoms with van der Waals surface area (Å²) in [6.07, 6.45) is 5.26. The molecule has 8 nitrogen and oxygen atoms in total. The van der Waals surface area contributed by atoms with E-state index in [0.717, 1.165) is 44.1 Å². The zero-order valence-corrected chi connectivity index (χ0v) is 20.7. The highest BCUT2D eigenvalue weighted by Crippen LogP contribution is 2.40. The molecule has 1 N–H and O–H groups in total. The lowest BCUT2D eigenvalue weighted by molar-refractivity contribution is 0.0733. The Morgan fingerprint density at radius 1 is 0.912 bits per heavy atom. The van der Waals surface area contributed by atoms with E-state index >= 15 is 0 Å². The van der Waals surface area contributed by atoms with Gasteiger partial charge in [0.15, 0.2) is 0 Å². The number of rotatable bonds is 8. The Bertz CT molecular complexity index is 1140. The molecule has 1 atom stereocenters. The third kappa shape index (κ3) is 4.86. The molecule has 1 heterocycles. The van der Waals surface area contributed by atoms with Crippen LogP contribution in [0.5, 0.6) is 17.2 Å². The minimum atomic E-state index is -3.83. The van der Waals surface area contributed by atoms with Gasteiger partial charge < -0.3 is 19.1 Å². The quantitative estimate of drug-likeness (QED) is 0.606. The number of ether oxygens (including phenoxy) is 3. The van der Waals surface area contributed by atoms with E-state index in [9.17, 15) is 13.2 Å². The molecule has 9 heteroatoms. The molecule has 4 rings (SSSR count). The predicted octanol–water partition coefficient (Wildman–Crippen LogP) is 3.91. The largest absolute Gasteiger partial charge is 0.497 e. The van der Waals surface area contributed by atoms with Crippen LogP contribution in [0.1, 0.15) is 60.5 Å². The van der Waals surface area contributed by atoms with Crippen molar-refractivity contribution in [1.29, 1.82) is 0 Å². The summed E-state index contributed by atoms with van der Waals surface area (Å²) in [6.45, 7) is 0.568. The predicted molar refractivity (Wildman–Crippen MR) is 128 cm³/mol. The second kappa shape index (κ2) is 10.2. The van der Waals surface area contributed by atoms with E-state index in [1.165, 1.54) is 13.2 Å². The second-order valence-corrected chi connectivity index (χ2v) is 10.4. The van der Waals surface area contributed by atoms with Crippen molar-refractivity contribution >= 4 is 15.9 Å². The molecule has 1 aliphatic heterocycles. The third-order valence-corrected chi connectivity index (χ3v) is 8.23. The van der Waals surface area contributed by atoms with Crippen LogP contribution in [0, 0.1) is 0 Å². The fourth-order valence-corrected chi connectivity index (χ4v) is 6.44. The highest BCUT2D eigenvalue weighted by molar-refractivity contribution is 7.89. The average molecular weight is 489 g/mol. The summed E-state index contributed by atoms with van der Waals surface area (Å²) < 4.78 is 45.4. The first-order chi connectivity index (χ1) is 16.4. The minimum Gasteiger partial charge on any atom is -0.497 e. The fourth-order valence-electron chi connectivity index (χ4n) is 4.95. The molecule has 34 heavy (non-hydrogen) atoms. The van der Waals surface area contributed by atoms with Gasteiger partial charge in [-0.3, -0.25) is 4.79 Å². The summed E-state index contributed by atoms with van der Waals surface area (Å²) in [6, 6.07) is 9.86. The lowest BCUT2D eigenvalue weighted by Crippen LogP contribution is -2.33. The summed E-state index contributed by atoms with van der Waals surface area (Å²) >= 11 is 0. The number of hydrogen-bond acceptors (Lipinski definition) is 6. The SMILES string of the molecule is COc1ccc(OC)c(C2CCCN2C(=O)c2ccc(OC)c(S(=O)(=O)NC3CCCC3)c2)c1. The highest BCUT2D eigenvalue weighted by Gasteiger charge is 2.34. The lowest BCUT2D eigenvalue weighted by atomic mass is 10.0. The van der Waals surface area contributed by atoms with Gasteiger partial charge in [-0.15, -0.1) is 0 Å². The summed E-state index contributed by atoms with van der Waals surface area (Å²) in [5.41, 5.74) is 1.18. The zero-order chi connectivity index (χ0) is 24.3. The number of carbonyl (C=O) groups excluding carboxylic acids is 1. The molecule has 0 bridgehead atoms. The monoisotopic (exact) mass is 488 g/mol. The van der Waals surface area contributed by atoms with Crippen LogP contribution in [0.4, 0.5) is 0 Å². The Morgan fingerprint density at radius 2 is 1.62 bits per heavy atom. The molecule has 2 aromatic rings. The van der Waals surface area contributed by atoms with Crippen molar-refractivity contribution in [3.8, 4) is 17.2 Å². The van der Waals surface area contributed by atoms with Crippen LogP contribution in [0.15, 0.2) is 41.3 Å². The number of benzene rings is 2. The van der Waals surface area contributed by atoms with Gasteiger partial charge in [0.1, 0.15) is 22.1 Å². The van der Waals surface area contributed by atoms with Crippen LogP contribution in [0.2, 0.25) is 0 Å². The molecular weight excluding hydrogens is 456 g/mol. The van der Waals surface area contributed by atoms with Gasteiger partial charge in [0.05, 0.1) is 27.4 Å². The molecule has 0 aromatic heterocycles. The van der Waals surface area contributed by atoms with Gasteiger partial charge in [0.25, 0.3) is 5.91 Å². The topological polar surface area (TPSA) is 94.2 Å². The molecule has 0 radical (unpaired) electrons. The van der Waals surface area contributed by atoms with Crippen molar-refractivity contribution in [3.63, 3.8) is 0 Å². The van der Waals surface area contributed by atoms with Gasteiger partial charge in [-0.1, -0.05) is 12.8 Å². The lowest BCUT2D eigenvalue weighted by Gasteiger charge is -2.27. The van der Waals surface area contributed by atoms with Gasteiger partial charge >= 0.3 is 0 Å². The number of sulfonamides is 1. The molecule has 1 saturated carbocycles. The summed E-state index contributed by atoms with van der Waals surface area (Å²) in [7, 11) is 0.795. The first-order valence-corrected chi connectivity index (χ1v) is 13.1. The van der Waals surface area contributed by atoms with Gasteiger partial charge in [-0.25, -0.2) is 13.1 Å². The normalized spacial score (nSPS) is 18.8. The maximum atomic E-state index is 13.6. The van der Waals surface area contributed by atoms with Crippen molar-refractivity contribution in [3.05, 3.63) is 47.5 Å². The van der Waals surface area contributed by atoms with Gasteiger partial charge in [0.2, 0.25) is 10.0 Å². The van der Waals surface area contributed by atoms with E-state index in [4.69, 9.17) is 14.2 Å². The van der Waals surface area contributed by atoms with Crippen LogP contribution < -0.4 is 18.9 Å². The first-order valence-electron chi connectivity index (χ1n) is 11.6. The van der Waals surface area contributed by atoms with E-state index in [0.29, 0.717) is 23.6 Å². The van der Waals surface area contributed by atoms with E-state index in [-0.39, 0.29) is 28.6 Å². The molecule has 1 saturated heterocycles. The third-order valence-electron chi connectivity index (χ3n) is 6.69. The first kappa shape index (κ1) is 24.3. The number of nitrogens with zero attached hydrogens (tertiary/aromatic N) is 1. The zero-order valence-electron chi connectivity index (χ0n) is 19.9. The van der Waals surface area contributed by atoms with Crippen LogP contribution in [0.3, 0.4) is 0 Å². The van der Waals surface area contributed by atoms with Gasteiger partial charge in [-0.2, -0.15) is 0 Å². The highest BCUT2D eigenvalue weighted by atomic mass is 32.2. The molecular formula is C25H32N2O6S. The van der Waals surface area contributed by atoms with Crippen molar-refractivity contribution in [2.75, 3.05) is 27.9 Å². The molecule has 2 aliphatic rings. The minimum absolute atomic E-state index is 0.0116. The van der Waals surface area contributed by atoms with Crippen LogP contribution in [-0.4, -0.2) is 53.1 Å². The summed E-state index contributed by atoms with van der Waals surface area (Å²) in [5.74, 6) is 1.36. The number of likely N-dealkylation sites (tertiary alicyclic amines) is 1. The van der Waals surface area contributed by atoms with Crippen LogP contribution in [0.25, 0.3) is 0 Å². The van der Waals surface area contributed by atoms with Crippen LogP contribution >= 0.6 is 0 Å². The molecule has 0 spiro atoms. The molecule has 1 aliphatic carbocycles. The number of methoxy groups -OCH3 is 3. The number of amides is 1. The van der Waals surface area contributed by atoms with Gasteiger partial charge in [0, 0.05) is 23.7 Å². The Labute approximate surface area is 201 Å². The number of carbonyl (C=O) groups is 1. The summed E-state index contributed by atoms with van der Waals surface area (Å²) in [5, 5.41) is 0.